The Bertz CT molecular complexity index is 734. The molecular weight excluding hydrogens is 357 g/mol. The fourth-order valence-corrected chi connectivity index (χ4v) is 2.30. The molecule has 0 radical (unpaired) electrons. The summed E-state index contributed by atoms with van der Waals surface area (Å²) in [6.45, 7) is 0.181. The Morgan fingerprint density at radius 3 is 2.36 bits per heavy atom. The summed E-state index contributed by atoms with van der Waals surface area (Å²) in [6.07, 6.45) is -4.43. The summed E-state index contributed by atoms with van der Waals surface area (Å²) in [5.74, 6) is 0.408. The zero-order chi connectivity index (χ0) is 18.4. The monoisotopic (exact) mass is 372 g/mol. The largest absolute Gasteiger partial charge is 0.497 e. The number of amides is 1. The Morgan fingerprint density at radius 1 is 1.12 bits per heavy atom. The lowest BCUT2D eigenvalue weighted by atomic mass is 10.2. The Morgan fingerprint density at radius 2 is 1.76 bits per heavy atom. The van der Waals surface area contributed by atoms with Crippen molar-refractivity contribution in [3.05, 3.63) is 53.1 Å². The molecule has 4 nitrogen and oxygen atoms in total. The second-order valence-corrected chi connectivity index (χ2v) is 5.55. The summed E-state index contributed by atoms with van der Waals surface area (Å²) in [4.78, 5) is 11.9. The van der Waals surface area contributed by atoms with Crippen LogP contribution in [0.3, 0.4) is 0 Å². The van der Waals surface area contributed by atoms with Crippen LogP contribution in [-0.4, -0.2) is 19.6 Å². The third-order valence-corrected chi connectivity index (χ3v) is 3.66. The quantitative estimate of drug-likeness (QED) is 0.765. The normalized spacial score (nSPS) is 11.1. The van der Waals surface area contributed by atoms with Crippen molar-refractivity contribution in [3.8, 4) is 5.75 Å². The molecule has 2 rings (SSSR count). The van der Waals surface area contributed by atoms with Crippen molar-refractivity contribution in [2.24, 2.45) is 0 Å². The zero-order valence-corrected chi connectivity index (χ0v) is 14.0. The maximum absolute atomic E-state index is 12.8. The van der Waals surface area contributed by atoms with Crippen LogP contribution in [0.2, 0.25) is 5.02 Å². The summed E-state index contributed by atoms with van der Waals surface area (Å²) < 4.78 is 43.4. The highest BCUT2D eigenvalue weighted by atomic mass is 35.5. The highest BCUT2D eigenvalue weighted by Crippen LogP contribution is 2.36. The minimum Gasteiger partial charge on any atom is -0.497 e. The van der Waals surface area contributed by atoms with E-state index in [0.717, 1.165) is 6.07 Å². The molecule has 0 aliphatic carbocycles. The van der Waals surface area contributed by atoms with E-state index in [2.05, 4.69) is 10.6 Å². The van der Waals surface area contributed by atoms with Gasteiger partial charge in [0.05, 0.1) is 17.7 Å². The van der Waals surface area contributed by atoms with Crippen LogP contribution < -0.4 is 15.4 Å². The predicted octanol–water partition coefficient (Wildman–Crippen LogP) is 4.81. The molecule has 0 aliphatic rings. The van der Waals surface area contributed by atoms with Gasteiger partial charge >= 0.3 is 6.18 Å². The van der Waals surface area contributed by atoms with E-state index in [4.69, 9.17) is 16.3 Å². The summed E-state index contributed by atoms with van der Waals surface area (Å²) in [7, 11) is 1.54. The van der Waals surface area contributed by atoms with E-state index in [0.29, 0.717) is 11.4 Å². The average Bonchev–Trinajstić information content (AvgIpc) is 2.56. The number of alkyl halides is 3. The number of hydrogen-bond acceptors (Lipinski definition) is 3. The summed E-state index contributed by atoms with van der Waals surface area (Å²) in [5, 5.41) is 5.10. The number of carbonyl (C=O) groups excluding carboxylic acids is 1. The third-order valence-electron chi connectivity index (χ3n) is 3.33. The number of anilines is 2. The van der Waals surface area contributed by atoms with Crippen molar-refractivity contribution >= 4 is 28.9 Å². The number of halogens is 4. The topological polar surface area (TPSA) is 50.4 Å². The van der Waals surface area contributed by atoms with Gasteiger partial charge in [0.15, 0.2) is 0 Å². The van der Waals surface area contributed by atoms with E-state index < -0.39 is 11.7 Å². The van der Waals surface area contributed by atoms with Gasteiger partial charge in [-0.1, -0.05) is 11.6 Å². The average molecular weight is 373 g/mol. The van der Waals surface area contributed by atoms with Crippen molar-refractivity contribution in [2.75, 3.05) is 24.3 Å². The van der Waals surface area contributed by atoms with Gasteiger partial charge in [-0.15, -0.1) is 0 Å². The number of ether oxygens (including phenoxy) is 1. The summed E-state index contributed by atoms with van der Waals surface area (Å²) >= 11 is 5.56. The van der Waals surface area contributed by atoms with E-state index >= 15 is 0 Å². The number of hydrogen-bond donors (Lipinski definition) is 2. The number of rotatable bonds is 6. The van der Waals surface area contributed by atoms with E-state index in [1.165, 1.54) is 12.1 Å². The number of nitrogens with one attached hydrogen (secondary N) is 2. The molecule has 0 unspecified atom stereocenters. The van der Waals surface area contributed by atoms with E-state index in [1.807, 2.05) is 0 Å². The van der Waals surface area contributed by atoms with Crippen LogP contribution in [0.5, 0.6) is 5.75 Å². The molecular formula is C17H16ClF3N2O2. The minimum absolute atomic E-state index is 0.0933. The predicted molar refractivity (Wildman–Crippen MR) is 91.2 cm³/mol. The molecule has 0 atom stereocenters. The van der Waals surface area contributed by atoms with Crippen LogP contribution in [0, 0.1) is 0 Å². The molecule has 0 heterocycles. The van der Waals surface area contributed by atoms with Crippen LogP contribution in [0.25, 0.3) is 0 Å². The van der Waals surface area contributed by atoms with Crippen LogP contribution in [0.1, 0.15) is 12.0 Å². The molecule has 1 amide bonds. The van der Waals surface area contributed by atoms with Gasteiger partial charge in [-0.2, -0.15) is 13.2 Å². The lowest BCUT2D eigenvalue weighted by Crippen LogP contribution is -2.16. The fraction of sp³-hybridized carbons (Fsp3) is 0.235. The number of carbonyl (C=O) groups is 1. The Kier molecular flexibility index (Phi) is 6.14. The van der Waals surface area contributed by atoms with Crippen molar-refractivity contribution < 1.29 is 22.7 Å². The lowest BCUT2D eigenvalue weighted by Gasteiger charge is -2.12. The molecule has 0 saturated heterocycles. The Balaban J connectivity index is 1.86. The van der Waals surface area contributed by atoms with E-state index in [-0.39, 0.29) is 29.6 Å². The van der Waals surface area contributed by atoms with Gasteiger partial charge in [0.1, 0.15) is 5.75 Å². The van der Waals surface area contributed by atoms with Crippen molar-refractivity contribution in [1.29, 1.82) is 0 Å². The summed E-state index contributed by atoms with van der Waals surface area (Å²) in [6, 6.07) is 10.3. The molecule has 0 spiro atoms. The minimum atomic E-state index is -4.53. The zero-order valence-electron chi connectivity index (χ0n) is 13.3. The standard InChI is InChI=1S/C17H16ClF3N2O2/c1-25-13-5-2-11(3-6-13)23-16(24)8-9-22-12-4-7-15(18)14(10-12)17(19,20)21/h2-7,10,22H,8-9H2,1H3,(H,23,24). The van der Waals surface area contributed by atoms with E-state index in [9.17, 15) is 18.0 Å². The molecule has 0 saturated carbocycles. The maximum atomic E-state index is 12.8. The van der Waals surface area contributed by atoms with Crippen LogP contribution in [0.4, 0.5) is 24.5 Å². The molecule has 25 heavy (non-hydrogen) atoms. The number of benzene rings is 2. The van der Waals surface area contributed by atoms with Crippen molar-refractivity contribution in [3.63, 3.8) is 0 Å². The van der Waals surface area contributed by atoms with E-state index in [1.54, 1.807) is 31.4 Å². The van der Waals surface area contributed by atoms with Crippen LogP contribution in [0.15, 0.2) is 42.5 Å². The van der Waals surface area contributed by atoms with Gasteiger partial charge in [0.2, 0.25) is 5.91 Å². The van der Waals surface area contributed by atoms with Crippen molar-refractivity contribution in [2.45, 2.75) is 12.6 Å². The fourth-order valence-electron chi connectivity index (χ4n) is 2.07. The van der Waals surface area contributed by atoms with Gasteiger partial charge in [-0.3, -0.25) is 4.79 Å². The van der Waals surface area contributed by atoms with Crippen molar-refractivity contribution in [1.82, 2.24) is 0 Å². The SMILES string of the molecule is COc1ccc(NC(=O)CCNc2ccc(Cl)c(C(F)(F)F)c2)cc1. The Hall–Kier alpha value is -2.41. The van der Waals surface area contributed by atoms with Gasteiger partial charge in [0.25, 0.3) is 0 Å². The second kappa shape index (κ2) is 8.11. The second-order valence-electron chi connectivity index (χ2n) is 5.15. The molecule has 2 N–H and O–H groups in total. The Labute approximate surface area is 147 Å². The number of methoxy groups -OCH3 is 1. The molecule has 0 aliphatic heterocycles. The molecule has 0 aromatic heterocycles. The van der Waals surface area contributed by atoms with Gasteiger partial charge in [-0.25, -0.2) is 0 Å². The molecule has 0 bridgehead atoms. The molecule has 134 valence electrons. The van der Waals surface area contributed by atoms with Gasteiger partial charge < -0.3 is 15.4 Å². The molecule has 2 aromatic rings. The highest BCUT2D eigenvalue weighted by Gasteiger charge is 2.33. The first-order valence-corrected chi connectivity index (χ1v) is 7.72. The molecule has 0 fully saturated rings. The molecule has 8 heteroatoms. The maximum Gasteiger partial charge on any atom is 0.417 e. The van der Waals surface area contributed by atoms with Crippen LogP contribution >= 0.6 is 11.6 Å². The third kappa shape index (κ3) is 5.56. The highest BCUT2D eigenvalue weighted by molar-refractivity contribution is 6.31. The lowest BCUT2D eigenvalue weighted by molar-refractivity contribution is -0.137. The van der Waals surface area contributed by atoms with Crippen LogP contribution in [-0.2, 0) is 11.0 Å². The first kappa shape index (κ1) is 18.9. The van der Waals surface area contributed by atoms with Gasteiger partial charge in [0, 0.05) is 24.3 Å². The van der Waals surface area contributed by atoms with Gasteiger partial charge in [-0.05, 0) is 42.5 Å². The smallest absolute Gasteiger partial charge is 0.417 e. The first-order chi connectivity index (χ1) is 11.8. The molecule has 2 aromatic carbocycles. The summed E-state index contributed by atoms with van der Waals surface area (Å²) in [5.41, 5.74) is -0.0625. The first-order valence-electron chi connectivity index (χ1n) is 7.34.